The van der Waals surface area contributed by atoms with Gasteiger partial charge in [0.1, 0.15) is 5.75 Å². The Morgan fingerprint density at radius 1 is 1.06 bits per heavy atom. The van der Waals surface area contributed by atoms with Crippen molar-refractivity contribution in [2.45, 2.75) is 13.2 Å². The van der Waals surface area contributed by atoms with Crippen molar-refractivity contribution < 1.29 is 14.2 Å². The van der Waals surface area contributed by atoms with Gasteiger partial charge in [0.2, 0.25) is 0 Å². The third kappa shape index (κ3) is 2.96. The molecule has 2 aromatic rings. The molecule has 0 spiro atoms. The molecule has 3 nitrogen and oxygen atoms in total. The van der Waals surface area contributed by atoms with Gasteiger partial charge < -0.3 is 14.2 Å². The summed E-state index contributed by atoms with van der Waals surface area (Å²) in [6.07, 6.45) is -0.259. The normalized spacial score (nSPS) is 12.6. The molecule has 0 saturated heterocycles. The van der Waals surface area contributed by atoms with E-state index in [2.05, 4.69) is 12.1 Å². The monoisotopic (exact) mass is 232 g/mol. The van der Waals surface area contributed by atoms with Gasteiger partial charge in [-0.3, -0.25) is 0 Å². The van der Waals surface area contributed by atoms with Gasteiger partial charge in [-0.25, -0.2) is 0 Å². The minimum atomic E-state index is -0.259. The lowest BCUT2D eigenvalue weighted by Crippen LogP contribution is -2.14. The van der Waals surface area contributed by atoms with Gasteiger partial charge in [-0.1, -0.05) is 36.4 Å². The van der Waals surface area contributed by atoms with E-state index in [-0.39, 0.29) is 13.1 Å². The summed E-state index contributed by atoms with van der Waals surface area (Å²) in [5.41, 5.74) is 0. The molecule has 17 heavy (non-hydrogen) atoms. The van der Waals surface area contributed by atoms with Crippen molar-refractivity contribution in [3.8, 4) is 5.75 Å². The topological polar surface area (TPSA) is 27.7 Å². The van der Waals surface area contributed by atoms with Gasteiger partial charge in [-0.05, 0) is 18.4 Å². The second-order valence-electron chi connectivity index (χ2n) is 3.71. The van der Waals surface area contributed by atoms with Crippen LogP contribution in [-0.2, 0) is 9.47 Å². The minimum absolute atomic E-state index is 0.184. The quantitative estimate of drug-likeness (QED) is 0.741. The standard InChI is InChI=1S/C14H16O3/c1-11(15-2)16-10-17-14-9-5-7-12-6-3-4-8-13(12)14/h3-9,11H,10H2,1-2H3. The number of ether oxygens (including phenoxy) is 3. The molecule has 0 radical (unpaired) electrons. The predicted octanol–water partition coefficient (Wildman–Crippen LogP) is 3.19. The Hall–Kier alpha value is -1.58. The van der Waals surface area contributed by atoms with Gasteiger partial charge in [0, 0.05) is 12.5 Å². The fraction of sp³-hybridized carbons (Fsp3) is 0.286. The lowest BCUT2D eigenvalue weighted by Gasteiger charge is -2.13. The molecule has 0 heterocycles. The lowest BCUT2D eigenvalue weighted by atomic mass is 10.1. The summed E-state index contributed by atoms with van der Waals surface area (Å²) in [7, 11) is 1.60. The fourth-order valence-corrected chi connectivity index (χ4v) is 1.58. The Kier molecular flexibility index (Phi) is 3.96. The molecular formula is C14H16O3. The zero-order chi connectivity index (χ0) is 12.1. The van der Waals surface area contributed by atoms with Crippen LogP contribution in [0.3, 0.4) is 0 Å². The number of rotatable bonds is 5. The molecule has 2 rings (SSSR count). The van der Waals surface area contributed by atoms with Crippen LogP contribution >= 0.6 is 0 Å². The van der Waals surface area contributed by atoms with E-state index in [4.69, 9.17) is 14.2 Å². The summed E-state index contributed by atoms with van der Waals surface area (Å²) in [5.74, 6) is 0.825. The molecule has 0 bridgehead atoms. The van der Waals surface area contributed by atoms with Crippen LogP contribution in [0.25, 0.3) is 10.8 Å². The second-order valence-corrected chi connectivity index (χ2v) is 3.71. The first-order valence-electron chi connectivity index (χ1n) is 5.56. The summed E-state index contributed by atoms with van der Waals surface area (Å²) >= 11 is 0. The van der Waals surface area contributed by atoms with Crippen LogP contribution in [0.2, 0.25) is 0 Å². The van der Waals surface area contributed by atoms with E-state index < -0.39 is 0 Å². The van der Waals surface area contributed by atoms with Crippen LogP contribution in [0.15, 0.2) is 42.5 Å². The number of hydrogen-bond donors (Lipinski definition) is 0. The van der Waals surface area contributed by atoms with Gasteiger partial charge in [-0.2, -0.15) is 0 Å². The highest BCUT2D eigenvalue weighted by molar-refractivity contribution is 5.88. The van der Waals surface area contributed by atoms with Gasteiger partial charge in [-0.15, -0.1) is 0 Å². The first kappa shape index (κ1) is 11.9. The third-order valence-corrected chi connectivity index (χ3v) is 2.60. The SMILES string of the molecule is COC(C)OCOc1cccc2ccccc12. The van der Waals surface area contributed by atoms with Crippen LogP contribution in [-0.4, -0.2) is 20.2 Å². The highest BCUT2D eigenvalue weighted by Crippen LogP contribution is 2.25. The number of benzene rings is 2. The second kappa shape index (κ2) is 5.66. The molecule has 0 aromatic heterocycles. The average molecular weight is 232 g/mol. The maximum Gasteiger partial charge on any atom is 0.191 e. The van der Waals surface area contributed by atoms with Crippen molar-refractivity contribution in [2.24, 2.45) is 0 Å². The van der Waals surface area contributed by atoms with E-state index in [1.807, 2.05) is 37.3 Å². The molecule has 2 aromatic carbocycles. The zero-order valence-corrected chi connectivity index (χ0v) is 10.1. The zero-order valence-electron chi connectivity index (χ0n) is 10.1. The Bertz CT molecular complexity index is 476. The Balaban J connectivity index is 2.08. The Labute approximate surface area is 101 Å². The molecule has 90 valence electrons. The van der Waals surface area contributed by atoms with E-state index in [0.29, 0.717) is 0 Å². The first-order chi connectivity index (χ1) is 8.31. The molecule has 0 aliphatic rings. The van der Waals surface area contributed by atoms with E-state index >= 15 is 0 Å². The molecule has 0 saturated carbocycles. The van der Waals surface area contributed by atoms with E-state index in [0.717, 1.165) is 16.5 Å². The van der Waals surface area contributed by atoms with Gasteiger partial charge in [0.25, 0.3) is 0 Å². The van der Waals surface area contributed by atoms with Crippen molar-refractivity contribution in [2.75, 3.05) is 13.9 Å². The van der Waals surface area contributed by atoms with Crippen LogP contribution in [0.5, 0.6) is 5.75 Å². The summed E-state index contributed by atoms with van der Waals surface area (Å²) < 4.78 is 15.9. The fourth-order valence-electron chi connectivity index (χ4n) is 1.58. The third-order valence-electron chi connectivity index (χ3n) is 2.60. The summed E-state index contributed by atoms with van der Waals surface area (Å²) in [4.78, 5) is 0. The maximum absolute atomic E-state index is 5.59. The average Bonchev–Trinajstić information content (AvgIpc) is 2.39. The highest BCUT2D eigenvalue weighted by Gasteiger charge is 2.02. The largest absolute Gasteiger partial charge is 0.467 e. The van der Waals surface area contributed by atoms with Gasteiger partial charge in [0.15, 0.2) is 13.1 Å². The van der Waals surface area contributed by atoms with E-state index in [1.54, 1.807) is 7.11 Å². The smallest absolute Gasteiger partial charge is 0.191 e. The first-order valence-corrected chi connectivity index (χ1v) is 5.56. The molecule has 0 aliphatic heterocycles. The molecular weight excluding hydrogens is 216 g/mol. The van der Waals surface area contributed by atoms with Crippen molar-refractivity contribution in [1.29, 1.82) is 0 Å². The number of fused-ring (bicyclic) bond motifs is 1. The van der Waals surface area contributed by atoms with Crippen LogP contribution in [0.1, 0.15) is 6.92 Å². The molecule has 3 heteroatoms. The van der Waals surface area contributed by atoms with Gasteiger partial charge in [0.05, 0.1) is 0 Å². The van der Waals surface area contributed by atoms with Crippen LogP contribution in [0, 0.1) is 0 Å². The minimum Gasteiger partial charge on any atom is -0.467 e. The number of hydrogen-bond acceptors (Lipinski definition) is 3. The maximum atomic E-state index is 5.59. The summed E-state index contributed by atoms with van der Waals surface area (Å²) in [6.45, 7) is 2.01. The molecule has 0 N–H and O–H groups in total. The van der Waals surface area contributed by atoms with E-state index in [1.165, 1.54) is 0 Å². The van der Waals surface area contributed by atoms with Crippen molar-refractivity contribution in [3.63, 3.8) is 0 Å². The molecule has 1 unspecified atom stereocenters. The summed E-state index contributed by atoms with van der Waals surface area (Å²) in [5, 5.41) is 2.24. The van der Waals surface area contributed by atoms with Crippen molar-refractivity contribution in [3.05, 3.63) is 42.5 Å². The molecule has 0 aliphatic carbocycles. The molecule has 1 atom stereocenters. The van der Waals surface area contributed by atoms with Gasteiger partial charge >= 0.3 is 0 Å². The molecule has 0 amide bonds. The lowest BCUT2D eigenvalue weighted by molar-refractivity contribution is -0.149. The van der Waals surface area contributed by atoms with Crippen LogP contribution in [0.4, 0.5) is 0 Å². The molecule has 0 fully saturated rings. The van der Waals surface area contributed by atoms with E-state index in [9.17, 15) is 0 Å². The highest BCUT2D eigenvalue weighted by atomic mass is 16.7. The summed E-state index contributed by atoms with van der Waals surface area (Å²) in [6, 6.07) is 14.1. The van der Waals surface area contributed by atoms with Crippen molar-refractivity contribution in [1.82, 2.24) is 0 Å². The Morgan fingerprint density at radius 2 is 1.82 bits per heavy atom. The number of methoxy groups -OCH3 is 1. The van der Waals surface area contributed by atoms with Crippen LogP contribution < -0.4 is 4.74 Å². The van der Waals surface area contributed by atoms with Crippen molar-refractivity contribution >= 4 is 10.8 Å². The predicted molar refractivity (Wildman–Crippen MR) is 67.0 cm³/mol. The Morgan fingerprint density at radius 3 is 2.65 bits per heavy atom.